The molecule has 0 spiro atoms. The van der Waals surface area contributed by atoms with Gasteiger partial charge >= 0.3 is 0 Å². The summed E-state index contributed by atoms with van der Waals surface area (Å²) in [7, 11) is 0. The van der Waals surface area contributed by atoms with Gasteiger partial charge in [0, 0.05) is 10.9 Å². The molecule has 0 N–H and O–H groups in total. The average molecular weight is 418 g/mol. The second-order valence-corrected chi connectivity index (χ2v) is 7.47. The van der Waals surface area contributed by atoms with Gasteiger partial charge in [-0.1, -0.05) is 53.8 Å². The minimum atomic E-state index is -0.935. The van der Waals surface area contributed by atoms with Crippen molar-refractivity contribution in [2.24, 2.45) is 0 Å². The van der Waals surface area contributed by atoms with Gasteiger partial charge in [-0.25, -0.2) is 17.6 Å². The van der Waals surface area contributed by atoms with Crippen LogP contribution in [0.2, 0.25) is 0 Å². The van der Waals surface area contributed by atoms with Gasteiger partial charge in [0.2, 0.25) is 0 Å². The maximum Gasteiger partial charge on any atom is 0.166 e. The Labute approximate surface area is 178 Å². The molecule has 4 aromatic rings. The van der Waals surface area contributed by atoms with Crippen LogP contribution < -0.4 is 0 Å². The Balaban J connectivity index is 1.55. The van der Waals surface area contributed by atoms with Crippen molar-refractivity contribution in [3.05, 3.63) is 118 Å². The first-order chi connectivity index (χ1) is 14.9. The first-order valence-corrected chi connectivity index (χ1v) is 9.84. The molecule has 0 aromatic heterocycles. The summed E-state index contributed by atoms with van der Waals surface area (Å²) >= 11 is 0. The van der Waals surface area contributed by atoms with Gasteiger partial charge in [-0.05, 0) is 66.6 Å². The van der Waals surface area contributed by atoms with Crippen molar-refractivity contribution in [1.82, 2.24) is 0 Å². The number of benzene rings is 4. The van der Waals surface area contributed by atoms with Gasteiger partial charge in [-0.2, -0.15) is 0 Å². The van der Waals surface area contributed by atoms with Gasteiger partial charge in [-0.15, -0.1) is 0 Å². The normalized spacial score (nSPS) is 10.7. The van der Waals surface area contributed by atoms with Crippen molar-refractivity contribution >= 4 is 10.8 Å². The van der Waals surface area contributed by atoms with E-state index in [1.54, 1.807) is 6.07 Å². The standard InChI is InChI=1S/C27H18F4/c1-17-2-4-18(5-3-17)6-7-20-15-25(29)23(26(30)16-20)12-9-19-8-11-22-21(14-19)10-13-24(28)27(22)31/h2-5,8,10-11,13-16H,6-7H2,1H3. The molecule has 0 bridgehead atoms. The van der Waals surface area contributed by atoms with E-state index in [0.717, 1.165) is 17.2 Å². The Kier molecular flexibility index (Phi) is 5.77. The largest absolute Gasteiger partial charge is 0.206 e. The Morgan fingerprint density at radius 1 is 0.645 bits per heavy atom. The molecule has 0 atom stereocenters. The minimum absolute atomic E-state index is 0.126. The van der Waals surface area contributed by atoms with Gasteiger partial charge < -0.3 is 0 Å². The molecular weight excluding hydrogens is 400 g/mol. The van der Waals surface area contributed by atoms with Crippen LogP contribution in [0.25, 0.3) is 10.8 Å². The van der Waals surface area contributed by atoms with E-state index in [2.05, 4.69) is 11.8 Å². The number of hydrogen-bond donors (Lipinski definition) is 0. The quantitative estimate of drug-likeness (QED) is 0.251. The van der Waals surface area contributed by atoms with Crippen LogP contribution in [0.15, 0.2) is 66.7 Å². The Bertz CT molecular complexity index is 1300. The smallest absolute Gasteiger partial charge is 0.166 e. The summed E-state index contributed by atoms with van der Waals surface area (Å²) in [6, 6.07) is 17.5. The Morgan fingerprint density at radius 2 is 1.32 bits per heavy atom. The molecule has 4 heteroatoms. The molecule has 0 aliphatic rings. The topological polar surface area (TPSA) is 0 Å². The molecule has 4 aromatic carbocycles. The van der Waals surface area contributed by atoms with Gasteiger partial charge in [0.1, 0.15) is 11.6 Å². The van der Waals surface area contributed by atoms with Crippen LogP contribution in [0.3, 0.4) is 0 Å². The van der Waals surface area contributed by atoms with Crippen LogP contribution in [-0.2, 0) is 12.8 Å². The highest BCUT2D eigenvalue weighted by molar-refractivity contribution is 5.84. The van der Waals surface area contributed by atoms with Crippen molar-refractivity contribution < 1.29 is 17.6 Å². The van der Waals surface area contributed by atoms with Crippen molar-refractivity contribution in [3.8, 4) is 11.8 Å². The number of aryl methyl sites for hydroxylation is 3. The van der Waals surface area contributed by atoms with E-state index >= 15 is 0 Å². The summed E-state index contributed by atoms with van der Waals surface area (Å²) in [6.45, 7) is 2.00. The maximum absolute atomic E-state index is 14.5. The zero-order chi connectivity index (χ0) is 22.0. The third kappa shape index (κ3) is 4.62. The van der Waals surface area contributed by atoms with Crippen molar-refractivity contribution in [2.45, 2.75) is 19.8 Å². The molecule has 0 radical (unpaired) electrons. The highest BCUT2D eigenvalue weighted by Gasteiger charge is 2.10. The lowest BCUT2D eigenvalue weighted by atomic mass is 10.0. The molecule has 0 aliphatic heterocycles. The third-order valence-electron chi connectivity index (χ3n) is 5.16. The minimum Gasteiger partial charge on any atom is -0.206 e. The molecule has 31 heavy (non-hydrogen) atoms. The second kappa shape index (κ2) is 8.65. The summed E-state index contributed by atoms with van der Waals surface area (Å²) in [5.41, 5.74) is 2.95. The SMILES string of the molecule is Cc1ccc(CCc2cc(F)c(C#Cc3ccc4c(F)c(F)ccc4c3)c(F)c2)cc1. The van der Waals surface area contributed by atoms with E-state index in [4.69, 9.17) is 0 Å². The summed E-state index contributed by atoms with van der Waals surface area (Å²) in [4.78, 5) is 0. The van der Waals surface area contributed by atoms with Gasteiger partial charge in [0.05, 0.1) is 5.56 Å². The Hall–Kier alpha value is -3.58. The van der Waals surface area contributed by atoms with Crippen LogP contribution in [0, 0.1) is 42.0 Å². The van der Waals surface area contributed by atoms with Gasteiger partial charge in [-0.3, -0.25) is 0 Å². The summed E-state index contributed by atoms with van der Waals surface area (Å²) in [5, 5.41) is 0.582. The van der Waals surface area contributed by atoms with Crippen molar-refractivity contribution in [1.29, 1.82) is 0 Å². The molecule has 0 nitrogen and oxygen atoms in total. The third-order valence-corrected chi connectivity index (χ3v) is 5.16. The average Bonchev–Trinajstić information content (AvgIpc) is 2.75. The molecule has 0 unspecified atom stereocenters. The lowest BCUT2D eigenvalue weighted by Crippen LogP contribution is -1.97. The number of hydrogen-bond acceptors (Lipinski definition) is 0. The van der Waals surface area contributed by atoms with Crippen LogP contribution in [0.5, 0.6) is 0 Å². The van der Waals surface area contributed by atoms with Crippen molar-refractivity contribution in [3.63, 3.8) is 0 Å². The predicted octanol–water partition coefficient (Wildman–Crippen LogP) is 6.89. The number of halogens is 4. The first-order valence-electron chi connectivity index (χ1n) is 9.84. The zero-order valence-corrected chi connectivity index (χ0v) is 16.8. The molecule has 4 rings (SSSR count). The fraction of sp³-hybridized carbons (Fsp3) is 0.111. The molecule has 0 saturated carbocycles. The van der Waals surface area contributed by atoms with E-state index in [1.807, 2.05) is 31.2 Å². The van der Waals surface area contributed by atoms with Crippen LogP contribution in [-0.4, -0.2) is 0 Å². The summed E-state index contributed by atoms with van der Waals surface area (Å²) < 4.78 is 56.1. The van der Waals surface area contributed by atoms with E-state index in [-0.39, 0.29) is 10.9 Å². The lowest BCUT2D eigenvalue weighted by molar-refractivity contribution is 0.517. The molecule has 0 fully saturated rings. The van der Waals surface area contributed by atoms with Gasteiger partial charge in [0.25, 0.3) is 0 Å². The van der Waals surface area contributed by atoms with E-state index in [9.17, 15) is 17.6 Å². The highest BCUT2D eigenvalue weighted by Crippen LogP contribution is 2.22. The van der Waals surface area contributed by atoms with E-state index in [1.165, 1.54) is 30.3 Å². The first kappa shape index (κ1) is 20.7. The van der Waals surface area contributed by atoms with Crippen LogP contribution in [0.4, 0.5) is 17.6 Å². The monoisotopic (exact) mass is 418 g/mol. The fourth-order valence-corrected chi connectivity index (χ4v) is 3.41. The molecule has 0 amide bonds. The number of rotatable bonds is 3. The van der Waals surface area contributed by atoms with Crippen molar-refractivity contribution in [2.75, 3.05) is 0 Å². The van der Waals surface area contributed by atoms with E-state index in [0.29, 0.717) is 29.4 Å². The summed E-state index contributed by atoms with van der Waals surface area (Å²) in [6.07, 6.45) is 1.19. The predicted molar refractivity (Wildman–Crippen MR) is 115 cm³/mol. The van der Waals surface area contributed by atoms with Gasteiger partial charge in [0.15, 0.2) is 11.6 Å². The molecule has 0 saturated heterocycles. The Morgan fingerprint density at radius 3 is 2.03 bits per heavy atom. The van der Waals surface area contributed by atoms with Crippen LogP contribution >= 0.6 is 0 Å². The van der Waals surface area contributed by atoms with E-state index < -0.39 is 23.3 Å². The molecule has 0 heterocycles. The molecule has 0 aliphatic carbocycles. The molecule has 154 valence electrons. The number of fused-ring (bicyclic) bond motifs is 1. The fourth-order valence-electron chi connectivity index (χ4n) is 3.41. The summed E-state index contributed by atoms with van der Waals surface area (Å²) in [5.74, 6) is 1.92. The van der Waals surface area contributed by atoms with Crippen LogP contribution in [0.1, 0.15) is 27.8 Å². The zero-order valence-electron chi connectivity index (χ0n) is 16.8. The second-order valence-electron chi connectivity index (χ2n) is 7.47. The lowest BCUT2D eigenvalue weighted by Gasteiger charge is -2.05. The highest BCUT2D eigenvalue weighted by atomic mass is 19.2. The molecular formula is C27H18F4. The maximum atomic E-state index is 14.5.